The van der Waals surface area contributed by atoms with Crippen LogP contribution in [0.5, 0.6) is 11.5 Å². The van der Waals surface area contributed by atoms with Gasteiger partial charge in [0.2, 0.25) is 0 Å². The molecule has 0 fully saturated rings. The predicted octanol–water partition coefficient (Wildman–Crippen LogP) is 3.96. The molecule has 1 aliphatic heterocycles. The molecular weight excluding hydrogens is 356 g/mol. The van der Waals surface area contributed by atoms with Crippen molar-refractivity contribution in [1.29, 1.82) is 0 Å². The zero-order valence-corrected chi connectivity index (χ0v) is 15.0. The van der Waals surface area contributed by atoms with Gasteiger partial charge in [-0.1, -0.05) is 24.3 Å². The van der Waals surface area contributed by atoms with Crippen LogP contribution in [0.15, 0.2) is 72.8 Å². The van der Waals surface area contributed by atoms with Gasteiger partial charge >= 0.3 is 0 Å². The minimum Gasteiger partial charge on any atom is -0.457 e. The summed E-state index contributed by atoms with van der Waals surface area (Å²) in [6, 6.07) is 20.8. The maximum absolute atomic E-state index is 12.6. The minimum atomic E-state index is -0.428. The normalized spacial score (nSPS) is 12.7. The van der Waals surface area contributed by atoms with Crippen LogP contribution < -0.4 is 10.1 Å². The predicted molar refractivity (Wildman–Crippen MR) is 104 cm³/mol. The van der Waals surface area contributed by atoms with Crippen molar-refractivity contribution in [2.24, 2.45) is 0 Å². The van der Waals surface area contributed by atoms with Crippen LogP contribution in [0, 0.1) is 0 Å². The molecule has 0 aromatic heterocycles. The van der Waals surface area contributed by atoms with E-state index in [1.54, 1.807) is 42.5 Å². The van der Waals surface area contributed by atoms with Crippen molar-refractivity contribution in [3.8, 4) is 11.5 Å². The second-order valence-electron chi connectivity index (χ2n) is 6.29. The first-order valence-electron chi connectivity index (χ1n) is 8.64. The Morgan fingerprint density at radius 2 is 1.50 bits per heavy atom. The van der Waals surface area contributed by atoms with Crippen molar-refractivity contribution in [3.05, 3.63) is 89.5 Å². The Bertz CT molecular complexity index is 1080. The number of ether oxygens (including phenoxy) is 1. The van der Waals surface area contributed by atoms with Gasteiger partial charge in [-0.05, 0) is 48.5 Å². The zero-order valence-electron chi connectivity index (χ0n) is 15.0. The molecule has 4 rings (SSSR count). The summed E-state index contributed by atoms with van der Waals surface area (Å²) in [6.07, 6.45) is 0. The molecule has 0 bridgehead atoms. The summed E-state index contributed by atoms with van der Waals surface area (Å²) in [4.78, 5) is 38.0. The summed E-state index contributed by atoms with van der Waals surface area (Å²) in [5.74, 6) is 0.119. The first kappa shape index (κ1) is 17.5. The average molecular weight is 372 g/mol. The zero-order chi connectivity index (χ0) is 19.7. The Morgan fingerprint density at radius 3 is 2.21 bits per heavy atom. The average Bonchev–Trinajstić information content (AvgIpc) is 2.94. The van der Waals surface area contributed by atoms with Gasteiger partial charge in [-0.25, -0.2) is 0 Å². The Labute approximate surface area is 161 Å². The molecule has 138 valence electrons. The van der Waals surface area contributed by atoms with E-state index in [1.165, 1.54) is 7.05 Å². The molecule has 1 N–H and O–H groups in total. The molecule has 0 saturated heterocycles. The highest BCUT2D eigenvalue weighted by Gasteiger charge is 2.35. The molecule has 3 aromatic rings. The number of carbonyl (C=O) groups is 3. The van der Waals surface area contributed by atoms with E-state index in [-0.39, 0.29) is 22.9 Å². The highest BCUT2D eigenvalue weighted by Crippen LogP contribution is 2.29. The number of anilines is 1. The third kappa shape index (κ3) is 3.12. The van der Waals surface area contributed by atoms with Crippen LogP contribution in [-0.4, -0.2) is 29.7 Å². The molecular formula is C22H16N2O4. The molecule has 0 aliphatic carbocycles. The van der Waals surface area contributed by atoms with E-state index in [9.17, 15) is 14.4 Å². The number of carbonyl (C=O) groups excluding carboxylic acids is 3. The van der Waals surface area contributed by atoms with E-state index >= 15 is 0 Å². The Kier molecular flexibility index (Phi) is 4.37. The summed E-state index contributed by atoms with van der Waals surface area (Å²) in [5.41, 5.74) is 1.22. The summed E-state index contributed by atoms with van der Waals surface area (Å²) in [5, 5.41) is 2.72. The second-order valence-corrected chi connectivity index (χ2v) is 6.29. The number of amides is 3. The van der Waals surface area contributed by atoms with Gasteiger partial charge in [0.1, 0.15) is 11.5 Å². The van der Waals surface area contributed by atoms with Crippen molar-refractivity contribution >= 4 is 23.4 Å². The number of hydrogen-bond acceptors (Lipinski definition) is 4. The molecule has 28 heavy (non-hydrogen) atoms. The molecule has 6 nitrogen and oxygen atoms in total. The maximum Gasteiger partial charge on any atom is 0.263 e. The molecule has 0 unspecified atom stereocenters. The molecule has 0 saturated carbocycles. The lowest BCUT2D eigenvalue weighted by Crippen LogP contribution is -2.24. The van der Waals surface area contributed by atoms with Crippen molar-refractivity contribution < 1.29 is 19.1 Å². The first-order chi connectivity index (χ1) is 13.5. The number of fused-ring (bicyclic) bond motifs is 1. The molecule has 6 heteroatoms. The van der Waals surface area contributed by atoms with Gasteiger partial charge in [0.15, 0.2) is 0 Å². The molecule has 3 aromatic carbocycles. The standard InChI is InChI=1S/C22H16N2O4/c1-24-21(26)17-8-5-9-18(19(17)22(24)27)23-20(25)14-10-12-16(13-11-14)28-15-6-3-2-4-7-15/h2-13H,1H3,(H,23,25). The lowest BCUT2D eigenvalue weighted by atomic mass is 10.1. The van der Waals surface area contributed by atoms with Gasteiger partial charge in [0, 0.05) is 12.6 Å². The summed E-state index contributed by atoms with van der Waals surface area (Å²) in [6.45, 7) is 0. The van der Waals surface area contributed by atoms with E-state index in [1.807, 2.05) is 30.3 Å². The molecule has 1 heterocycles. The van der Waals surface area contributed by atoms with Crippen LogP contribution >= 0.6 is 0 Å². The first-order valence-corrected chi connectivity index (χ1v) is 8.64. The van der Waals surface area contributed by atoms with Crippen molar-refractivity contribution in [3.63, 3.8) is 0 Å². The summed E-state index contributed by atoms with van der Waals surface area (Å²) >= 11 is 0. The molecule has 1 aliphatic rings. The van der Waals surface area contributed by atoms with Gasteiger partial charge in [-0.3, -0.25) is 19.3 Å². The third-order valence-corrected chi connectivity index (χ3v) is 4.46. The number of nitrogens with zero attached hydrogens (tertiary/aromatic N) is 1. The van der Waals surface area contributed by atoms with Gasteiger partial charge in [0.25, 0.3) is 17.7 Å². The van der Waals surface area contributed by atoms with Gasteiger partial charge in [-0.2, -0.15) is 0 Å². The van der Waals surface area contributed by atoms with E-state index in [0.29, 0.717) is 22.7 Å². The number of hydrogen-bond donors (Lipinski definition) is 1. The van der Waals surface area contributed by atoms with Crippen LogP contribution in [-0.2, 0) is 0 Å². The summed E-state index contributed by atoms with van der Waals surface area (Å²) in [7, 11) is 1.42. The van der Waals surface area contributed by atoms with Crippen molar-refractivity contribution in [2.45, 2.75) is 0 Å². The van der Waals surface area contributed by atoms with E-state index in [2.05, 4.69) is 5.32 Å². The summed E-state index contributed by atoms with van der Waals surface area (Å²) < 4.78 is 5.71. The minimum absolute atomic E-state index is 0.215. The Balaban J connectivity index is 1.52. The lowest BCUT2D eigenvalue weighted by Gasteiger charge is -2.10. The number of benzene rings is 3. The van der Waals surface area contributed by atoms with E-state index in [4.69, 9.17) is 4.74 Å². The fraction of sp³-hybridized carbons (Fsp3) is 0.0455. The van der Waals surface area contributed by atoms with Gasteiger partial charge < -0.3 is 10.1 Å². The quantitative estimate of drug-likeness (QED) is 0.704. The topological polar surface area (TPSA) is 75.7 Å². The second kappa shape index (κ2) is 7.00. The van der Waals surface area contributed by atoms with E-state index in [0.717, 1.165) is 4.90 Å². The van der Waals surface area contributed by atoms with Crippen LogP contribution in [0.3, 0.4) is 0 Å². The van der Waals surface area contributed by atoms with Crippen LogP contribution in [0.2, 0.25) is 0 Å². The van der Waals surface area contributed by atoms with Gasteiger partial charge in [-0.15, -0.1) is 0 Å². The fourth-order valence-electron chi connectivity index (χ4n) is 3.00. The highest BCUT2D eigenvalue weighted by atomic mass is 16.5. The molecule has 0 spiro atoms. The van der Waals surface area contributed by atoms with Gasteiger partial charge in [0.05, 0.1) is 16.8 Å². The van der Waals surface area contributed by atoms with Crippen LogP contribution in [0.4, 0.5) is 5.69 Å². The van der Waals surface area contributed by atoms with Crippen LogP contribution in [0.1, 0.15) is 31.1 Å². The van der Waals surface area contributed by atoms with Crippen molar-refractivity contribution in [2.75, 3.05) is 12.4 Å². The lowest BCUT2D eigenvalue weighted by molar-refractivity contribution is 0.0693. The molecule has 3 amide bonds. The van der Waals surface area contributed by atoms with Crippen molar-refractivity contribution in [1.82, 2.24) is 4.90 Å². The highest BCUT2D eigenvalue weighted by molar-refractivity contribution is 6.24. The number of para-hydroxylation sites is 1. The number of imide groups is 1. The largest absolute Gasteiger partial charge is 0.457 e. The number of rotatable bonds is 4. The number of nitrogens with one attached hydrogen (secondary N) is 1. The van der Waals surface area contributed by atoms with E-state index < -0.39 is 5.91 Å². The maximum atomic E-state index is 12.6. The Hall–Kier alpha value is -3.93. The smallest absolute Gasteiger partial charge is 0.263 e. The third-order valence-electron chi connectivity index (χ3n) is 4.46. The SMILES string of the molecule is CN1C(=O)c2cccc(NC(=O)c3ccc(Oc4ccccc4)cc3)c2C1=O. The fourth-order valence-corrected chi connectivity index (χ4v) is 3.00. The molecule has 0 atom stereocenters. The van der Waals surface area contributed by atoms with Crippen LogP contribution in [0.25, 0.3) is 0 Å². The Morgan fingerprint density at radius 1 is 0.821 bits per heavy atom. The monoisotopic (exact) mass is 372 g/mol. The molecule has 0 radical (unpaired) electrons.